The Morgan fingerprint density at radius 2 is 2.25 bits per heavy atom. The summed E-state index contributed by atoms with van der Waals surface area (Å²) in [5.74, 6) is -0.0707. The topological polar surface area (TPSA) is 83.8 Å². The molecule has 0 atom stereocenters. The second kappa shape index (κ2) is 6.33. The van der Waals surface area contributed by atoms with Crippen LogP contribution in [0.4, 0.5) is 0 Å². The van der Waals surface area contributed by atoms with Crippen molar-refractivity contribution < 1.29 is 14.6 Å². The molecule has 1 amide bonds. The number of methoxy groups -OCH3 is 1. The van der Waals surface area contributed by atoms with Crippen LogP contribution in [0, 0.1) is 0 Å². The molecule has 0 aliphatic heterocycles. The van der Waals surface area contributed by atoms with E-state index in [1.807, 2.05) is 0 Å². The maximum atomic E-state index is 11.7. The monoisotopic (exact) mass is 271 g/mol. The summed E-state index contributed by atoms with van der Waals surface area (Å²) in [5, 5.41) is 13.6. The molecule has 0 aliphatic rings. The Hall–Kier alpha value is -2.89. The van der Waals surface area contributed by atoms with Crippen molar-refractivity contribution in [1.29, 1.82) is 0 Å². The van der Waals surface area contributed by atoms with Crippen molar-refractivity contribution in [2.24, 2.45) is 5.10 Å². The molecule has 0 radical (unpaired) electrons. The highest BCUT2D eigenvalue weighted by Crippen LogP contribution is 2.27. The number of nitrogens with one attached hydrogen (secondary N) is 1. The number of hydrogen-bond acceptors (Lipinski definition) is 5. The van der Waals surface area contributed by atoms with Crippen LogP contribution in [0.5, 0.6) is 11.5 Å². The van der Waals surface area contributed by atoms with E-state index in [-0.39, 0.29) is 11.7 Å². The molecule has 2 rings (SSSR count). The van der Waals surface area contributed by atoms with E-state index in [0.717, 1.165) is 0 Å². The number of carbonyl (C=O) groups excluding carboxylic acids is 1. The predicted octanol–water partition coefficient (Wildman–Crippen LogP) is 1.56. The molecule has 0 saturated heterocycles. The van der Waals surface area contributed by atoms with Crippen molar-refractivity contribution >= 4 is 12.1 Å². The third-order valence-electron chi connectivity index (χ3n) is 2.54. The number of aromatic nitrogens is 1. The molecule has 0 bridgehead atoms. The number of pyridine rings is 1. The normalized spacial score (nSPS) is 10.4. The van der Waals surface area contributed by atoms with Gasteiger partial charge in [0.05, 0.1) is 18.9 Å². The van der Waals surface area contributed by atoms with Crippen molar-refractivity contribution in [2.45, 2.75) is 0 Å². The molecule has 6 heteroatoms. The molecular formula is C14H13N3O3. The van der Waals surface area contributed by atoms with Crippen molar-refractivity contribution in [3.05, 3.63) is 53.9 Å². The zero-order valence-electron chi connectivity index (χ0n) is 10.8. The fourth-order valence-electron chi connectivity index (χ4n) is 1.53. The highest BCUT2D eigenvalue weighted by Gasteiger charge is 2.06. The van der Waals surface area contributed by atoms with Gasteiger partial charge in [0.15, 0.2) is 11.5 Å². The highest BCUT2D eigenvalue weighted by molar-refractivity contribution is 5.94. The van der Waals surface area contributed by atoms with Gasteiger partial charge in [0, 0.05) is 18.0 Å². The average molecular weight is 271 g/mol. The Bertz CT molecular complexity index is 627. The quantitative estimate of drug-likeness (QED) is 0.653. The lowest BCUT2D eigenvalue weighted by Crippen LogP contribution is -2.17. The van der Waals surface area contributed by atoms with Crippen molar-refractivity contribution in [1.82, 2.24) is 10.4 Å². The molecule has 6 nitrogen and oxygen atoms in total. The molecule has 0 spiro atoms. The van der Waals surface area contributed by atoms with Gasteiger partial charge >= 0.3 is 0 Å². The summed E-state index contributed by atoms with van der Waals surface area (Å²) in [6, 6.07) is 8.27. The van der Waals surface area contributed by atoms with Crippen LogP contribution in [-0.2, 0) is 0 Å². The Balaban J connectivity index is 2.06. The second-order valence-electron chi connectivity index (χ2n) is 3.84. The number of benzene rings is 1. The van der Waals surface area contributed by atoms with Crippen molar-refractivity contribution in [3.8, 4) is 11.5 Å². The van der Waals surface area contributed by atoms with Gasteiger partial charge in [-0.2, -0.15) is 5.10 Å². The van der Waals surface area contributed by atoms with Gasteiger partial charge in [-0.05, 0) is 24.3 Å². The summed E-state index contributed by atoms with van der Waals surface area (Å²) in [4.78, 5) is 15.5. The molecule has 1 heterocycles. The molecule has 1 aromatic heterocycles. The Morgan fingerprint density at radius 3 is 2.95 bits per heavy atom. The van der Waals surface area contributed by atoms with Gasteiger partial charge < -0.3 is 9.84 Å². The number of ether oxygens (including phenoxy) is 1. The lowest BCUT2D eigenvalue weighted by atomic mass is 10.2. The number of rotatable bonds is 4. The van der Waals surface area contributed by atoms with Crippen LogP contribution in [-0.4, -0.2) is 29.3 Å². The van der Waals surface area contributed by atoms with Gasteiger partial charge in [-0.1, -0.05) is 6.07 Å². The number of phenols is 1. The first-order chi connectivity index (χ1) is 9.72. The third-order valence-corrected chi connectivity index (χ3v) is 2.54. The van der Waals surface area contributed by atoms with Crippen LogP contribution in [0.2, 0.25) is 0 Å². The van der Waals surface area contributed by atoms with E-state index < -0.39 is 0 Å². The Labute approximate surface area is 115 Å². The highest BCUT2D eigenvalue weighted by atomic mass is 16.5. The number of hydrazone groups is 1. The van der Waals surface area contributed by atoms with Gasteiger partial charge in [-0.3, -0.25) is 9.78 Å². The molecule has 102 valence electrons. The number of aromatic hydroxyl groups is 1. The van der Waals surface area contributed by atoms with Gasteiger partial charge in [0.25, 0.3) is 5.91 Å². The molecule has 1 aromatic carbocycles. The molecule has 0 unspecified atom stereocenters. The van der Waals surface area contributed by atoms with E-state index in [0.29, 0.717) is 16.9 Å². The Morgan fingerprint density at radius 1 is 1.40 bits per heavy atom. The van der Waals surface area contributed by atoms with Crippen LogP contribution in [0.15, 0.2) is 47.8 Å². The summed E-state index contributed by atoms with van der Waals surface area (Å²) in [6.45, 7) is 0. The van der Waals surface area contributed by atoms with Crippen LogP contribution < -0.4 is 10.2 Å². The van der Waals surface area contributed by atoms with Crippen molar-refractivity contribution in [2.75, 3.05) is 7.11 Å². The molecular weight excluding hydrogens is 258 g/mol. The van der Waals surface area contributed by atoms with E-state index in [1.54, 1.807) is 36.5 Å². The average Bonchev–Trinajstić information content (AvgIpc) is 2.49. The Kier molecular flexibility index (Phi) is 4.28. The summed E-state index contributed by atoms with van der Waals surface area (Å²) in [5.41, 5.74) is 3.19. The first-order valence-electron chi connectivity index (χ1n) is 5.82. The smallest absolute Gasteiger partial charge is 0.272 e. The van der Waals surface area contributed by atoms with Crippen molar-refractivity contribution in [3.63, 3.8) is 0 Å². The number of para-hydroxylation sites is 1. The van der Waals surface area contributed by atoms with E-state index in [2.05, 4.69) is 15.5 Å². The van der Waals surface area contributed by atoms with Gasteiger partial charge in [-0.25, -0.2) is 5.43 Å². The van der Waals surface area contributed by atoms with E-state index in [4.69, 9.17) is 4.74 Å². The SMILES string of the molecule is COc1cccc(C=NNC(=O)c2cccnc2)c1O. The lowest BCUT2D eigenvalue weighted by Gasteiger charge is -2.04. The zero-order valence-corrected chi connectivity index (χ0v) is 10.8. The third kappa shape index (κ3) is 3.11. The molecule has 2 aromatic rings. The largest absolute Gasteiger partial charge is 0.504 e. The summed E-state index contributed by atoms with van der Waals surface area (Å²) in [6.07, 6.45) is 4.36. The molecule has 20 heavy (non-hydrogen) atoms. The minimum atomic E-state index is -0.378. The van der Waals surface area contributed by atoms with Gasteiger partial charge in [0.1, 0.15) is 0 Å². The predicted molar refractivity (Wildman–Crippen MR) is 74.0 cm³/mol. The van der Waals surface area contributed by atoms with E-state index >= 15 is 0 Å². The molecule has 2 N–H and O–H groups in total. The number of hydrogen-bond donors (Lipinski definition) is 2. The minimum Gasteiger partial charge on any atom is -0.504 e. The second-order valence-corrected chi connectivity index (χ2v) is 3.84. The summed E-state index contributed by atoms with van der Waals surface area (Å²) < 4.78 is 4.98. The first kappa shape index (κ1) is 13.5. The number of phenolic OH excluding ortho intramolecular Hbond substituents is 1. The van der Waals surface area contributed by atoms with E-state index in [9.17, 15) is 9.90 Å². The zero-order chi connectivity index (χ0) is 14.4. The minimum absolute atomic E-state index is 0.0330. The first-order valence-corrected chi connectivity index (χ1v) is 5.82. The summed E-state index contributed by atoms with van der Waals surface area (Å²) >= 11 is 0. The van der Waals surface area contributed by atoms with Crippen LogP contribution in [0.3, 0.4) is 0 Å². The lowest BCUT2D eigenvalue weighted by molar-refractivity contribution is 0.0954. The molecule has 0 fully saturated rings. The van der Waals surface area contributed by atoms with Gasteiger partial charge in [0.2, 0.25) is 0 Å². The fraction of sp³-hybridized carbons (Fsp3) is 0.0714. The maximum Gasteiger partial charge on any atom is 0.272 e. The fourth-order valence-corrected chi connectivity index (χ4v) is 1.53. The number of amides is 1. The standard InChI is InChI=1S/C14H13N3O3/c1-20-12-6-2-4-10(13(12)18)9-16-17-14(19)11-5-3-7-15-8-11/h2-9,18H,1H3,(H,17,19). The van der Waals surface area contributed by atoms with Crippen LogP contribution >= 0.6 is 0 Å². The number of nitrogens with zero attached hydrogens (tertiary/aromatic N) is 2. The molecule has 0 aliphatic carbocycles. The van der Waals surface area contributed by atoms with E-state index in [1.165, 1.54) is 19.5 Å². The summed E-state index contributed by atoms with van der Waals surface area (Å²) in [7, 11) is 1.46. The van der Waals surface area contributed by atoms with Crippen LogP contribution in [0.1, 0.15) is 15.9 Å². The van der Waals surface area contributed by atoms with Gasteiger partial charge in [-0.15, -0.1) is 0 Å². The maximum absolute atomic E-state index is 11.7. The molecule has 0 saturated carbocycles. The number of carbonyl (C=O) groups is 1. The van der Waals surface area contributed by atoms with Crippen LogP contribution in [0.25, 0.3) is 0 Å².